The van der Waals surface area contributed by atoms with Crippen molar-refractivity contribution in [2.45, 2.75) is 44.0 Å². The maximum atomic E-state index is 13.8. The zero-order valence-electron chi connectivity index (χ0n) is 20.4. The third-order valence-corrected chi connectivity index (χ3v) is 9.50. The average molecular weight is 510 g/mol. The minimum absolute atomic E-state index is 0.0713. The van der Waals surface area contributed by atoms with E-state index in [9.17, 15) is 18.0 Å². The van der Waals surface area contributed by atoms with E-state index >= 15 is 0 Å². The van der Waals surface area contributed by atoms with Crippen LogP contribution in [0.25, 0.3) is 12.2 Å². The molecule has 0 saturated carbocycles. The molecule has 1 aromatic heterocycles. The number of benzene rings is 1. The molecule has 0 unspecified atom stereocenters. The number of carbonyl (C=O) groups excluding carboxylic acids is 2. The number of aromatic nitrogens is 1. The Kier molecular flexibility index (Phi) is 4.92. The zero-order chi connectivity index (χ0) is 25.5. The lowest BCUT2D eigenvalue weighted by atomic mass is 9.86. The molecule has 2 aromatic rings. The average Bonchev–Trinajstić information content (AvgIpc) is 3.43. The Morgan fingerprint density at radius 1 is 1.14 bits per heavy atom. The highest BCUT2D eigenvalue weighted by atomic mass is 32.2. The van der Waals surface area contributed by atoms with Gasteiger partial charge < -0.3 is 19.3 Å². The Bertz CT molecular complexity index is 1590. The van der Waals surface area contributed by atoms with Gasteiger partial charge in [-0.1, -0.05) is 24.3 Å². The van der Waals surface area contributed by atoms with Crippen LogP contribution in [0.4, 0.5) is 0 Å². The molecule has 188 valence electrons. The summed E-state index contributed by atoms with van der Waals surface area (Å²) >= 11 is 0. The summed E-state index contributed by atoms with van der Waals surface area (Å²) in [5.74, 6) is 0.693. The van der Waals surface area contributed by atoms with Crippen LogP contribution in [-0.2, 0) is 26.0 Å². The first-order valence-electron chi connectivity index (χ1n) is 11.9. The van der Waals surface area contributed by atoms with Crippen molar-refractivity contribution in [2.75, 3.05) is 20.4 Å². The lowest BCUT2D eigenvalue weighted by Gasteiger charge is -2.46. The predicted octanol–water partition coefficient (Wildman–Crippen LogP) is 0.639. The second-order valence-corrected chi connectivity index (χ2v) is 12.3. The number of hydrogen-bond donors (Lipinski definition) is 0. The van der Waals surface area contributed by atoms with E-state index in [-0.39, 0.29) is 31.6 Å². The van der Waals surface area contributed by atoms with E-state index in [0.717, 1.165) is 16.4 Å². The van der Waals surface area contributed by atoms with Crippen LogP contribution in [0.2, 0.25) is 0 Å². The van der Waals surface area contributed by atoms with E-state index in [1.807, 2.05) is 18.2 Å². The monoisotopic (exact) mass is 509 g/mol. The van der Waals surface area contributed by atoms with E-state index in [4.69, 9.17) is 9.47 Å². The van der Waals surface area contributed by atoms with E-state index in [2.05, 4.69) is 6.58 Å². The molecule has 1 fully saturated rings. The van der Waals surface area contributed by atoms with Gasteiger partial charge in [0.2, 0.25) is 28.6 Å². The van der Waals surface area contributed by atoms with Crippen LogP contribution in [0.3, 0.4) is 0 Å². The van der Waals surface area contributed by atoms with Crippen molar-refractivity contribution in [1.82, 2.24) is 13.8 Å². The molecular weight excluding hydrogens is 482 g/mol. The summed E-state index contributed by atoms with van der Waals surface area (Å²) in [6, 6.07) is 3.80. The highest BCUT2D eigenvalue weighted by Crippen LogP contribution is 2.43. The van der Waals surface area contributed by atoms with Gasteiger partial charge in [-0.15, -0.1) is 0 Å². The van der Waals surface area contributed by atoms with E-state index < -0.39 is 27.4 Å². The van der Waals surface area contributed by atoms with Crippen molar-refractivity contribution in [3.05, 3.63) is 57.7 Å². The Labute approximate surface area is 208 Å². The highest BCUT2D eigenvalue weighted by molar-refractivity contribution is 7.90. The second kappa shape index (κ2) is 7.73. The van der Waals surface area contributed by atoms with Gasteiger partial charge in [0.1, 0.15) is 6.04 Å². The lowest BCUT2D eigenvalue weighted by Crippen LogP contribution is -2.62. The summed E-state index contributed by atoms with van der Waals surface area (Å²) < 4.78 is 40.1. The van der Waals surface area contributed by atoms with Gasteiger partial charge in [0, 0.05) is 18.7 Å². The Morgan fingerprint density at radius 3 is 2.64 bits per heavy atom. The molecule has 36 heavy (non-hydrogen) atoms. The zero-order valence-corrected chi connectivity index (χ0v) is 21.2. The number of hydrogen-bond acceptors (Lipinski definition) is 6. The first kappa shape index (κ1) is 22.9. The molecule has 9 nitrogen and oxygen atoms in total. The van der Waals surface area contributed by atoms with Gasteiger partial charge in [-0.3, -0.25) is 9.59 Å². The van der Waals surface area contributed by atoms with Crippen LogP contribution < -0.4 is 20.0 Å². The quantitative estimate of drug-likeness (QED) is 0.603. The van der Waals surface area contributed by atoms with Crippen molar-refractivity contribution in [3.8, 4) is 11.5 Å². The normalized spacial score (nSPS) is 22.7. The van der Waals surface area contributed by atoms with E-state index in [1.54, 1.807) is 37.9 Å². The fourth-order valence-electron chi connectivity index (χ4n) is 5.62. The number of carbonyl (C=O) groups is 2. The molecule has 0 N–H and O–H groups in total. The topological polar surface area (TPSA) is 98.2 Å². The predicted molar refractivity (Wildman–Crippen MR) is 132 cm³/mol. The molecule has 6 rings (SSSR count). The van der Waals surface area contributed by atoms with Crippen LogP contribution in [0.1, 0.15) is 43.1 Å². The van der Waals surface area contributed by atoms with E-state index in [0.29, 0.717) is 34.5 Å². The first-order valence-corrected chi connectivity index (χ1v) is 13.4. The van der Waals surface area contributed by atoms with Crippen LogP contribution in [0, 0.1) is 0 Å². The van der Waals surface area contributed by atoms with Crippen molar-refractivity contribution in [1.29, 1.82) is 0 Å². The Hall–Kier alpha value is -3.53. The number of nitrogens with zero attached hydrogens (tertiary/aromatic N) is 3. The minimum Gasteiger partial charge on any atom is -0.454 e. The third kappa shape index (κ3) is 3.09. The van der Waals surface area contributed by atoms with Gasteiger partial charge in [0.05, 0.1) is 28.9 Å². The number of rotatable bonds is 3. The van der Waals surface area contributed by atoms with Gasteiger partial charge in [-0.05, 0) is 49.6 Å². The van der Waals surface area contributed by atoms with Crippen molar-refractivity contribution in [3.63, 3.8) is 0 Å². The number of ether oxygens (including phenoxy) is 2. The standard InChI is InChI=1S/C26H27N3O6S/c1-14(2)36(32,33)29-19-7-5-15(3)9-17(19)18-11-20-26(31)27(4)12-23(30)28(20)24(25(18)29)16-6-8-21-22(10-16)35-13-34-21/h6-10,14,20,24H,3,5,11-13H2,1-2,4H3/t20-,24-/m1/s1. The summed E-state index contributed by atoms with van der Waals surface area (Å²) in [6.45, 7) is 7.39. The fourth-order valence-corrected chi connectivity index (χ4v) is 6.97. The Balaban J connectivity index is 1.72. The molecule has 10 heteroatoms. The molecule has 0 bridgehead atoms. The molecule has 1 aromatic carbocycles. The van der Waals surface area contributed by atoms with Crippen LogP contribution >= 0.6 is 0 Å². The van der Waals surface area contributed by atoms with Crippen LogP contribution in [0.5, 0.6) is 11.5 Å². The second-order valence-electron chi connectivity index (χ2n) is 9.96. The highest BCUT2D eigenvalue weighted by Gasteiger charge is 2.49. The largest absolute Gasteiger partial charge is 0.454 e. The van der Waals surface area contributed by atoms with Gasteiger partial charge in [0.25, 0.3) is 0 Å². The van der Waals surface area contributed by atoms with Gasteiger partial charge in [0.15, 0.2) is 11.5 Å². The molecule has 1 saturated heterocycles. The van der Waals surface area contributed by atoms with E-state index in [1.165, 1.54) is 8.87 Å². The van der Waals surface area contributed by atoms with Crippen molar-refractivity contribution >= 4 is 34.0 Å². The maximum absolute atomic E-state index is 13.8. The molecule has 3 aliphatic heterocycles. The summed E-state index contributed by atoms with van der Waals surface area (Å²) in [6.07, 6.45) is 4.53. The van der Waals surface area contributed by atoms with Crippen LogP contribution in [0.15, 0.2) is 30.4 Å². The SMILES string of the molecule is C=C1C=c2c3c(n(S(=O)(=O)C(C)C)c2=CC1)[C@@H](c1ccc2c(c1)OCO2)N1C(=O)CN(C)C(=O)[C@H]1C3. The number of fused-ring (bicyclic) bond motifs is 5. The number of amides is 2. The minimum atomic E-state index is -3.82. The summed E-state index contributed by atoms with van der Waals surface area (Å²) in [5.41, 5.74) is 2.77. The third-order valence-electron chi connectivity index (χ3n) is 7.41. The molecular formula is C26H27N3O6S. The summed E-state index contributed by atoms with van der Waals surface area (Å²) in [4.78, 5) is 29.8. The maximum Gasteiger partial charge on any atom is 0.245 e. The van der Waals surface area contributed by atoms with Crippen molar-refractivity contribution < 1.29 is 27.5 Å². The molecule has 1 aliphatic carbocycles. The Morgan fingerprint density at radius 2 is 1.89 bits per heavy atom. The summed E-state index contributed by atoms with van der Waals surface area (Å²) in [5, 5.41) is 0.626. The first-order chi connectivity index (χ1) is 17.1. The summed E-state index contributed by atoms with van der Waals surface area (Å²) in [7, 11) is -2.20. The molecule has 4 heterocycles. The molecule has 0 radical (unpaired) electrons. The number of likely N-dealkylation sites (N-methyl/N-ethyl adjacent to an activating group) is 1. The molecule has 2 atom stereocenters. The van der Waals surface area contributed by atoms with Crippen LogP contribution in [-0.4, -0.2) is 65.7 Å². The lowest BCUT2D eigenvalue weighted by molar-refractivity contribution is -0.157. The molecule has 0 spiro atoms. The molecule has 2 amide bonds. The smallest absolute Gasteiger partial charge is 0.245 e. The van der Waals surface area contributed by atoms with Gasteiger partial charge in [-0.25, -0.2) is 12.4 Å². The van der Waals surface area contributed by atoms with Gasteiger partial charge >= 0.3 is 0 Å². The molecule has 4 aliphatic rings. The van der Waals surface area contributed by atoms with Gasteiger partial charge in [-0.2, -0.15) is 0 Å². The number of allylic oxidation sites excluding steroid dienone is 1. The fraction of sp³-hybridized carbons (Fsp3) is 0.385. The van der Waals surface area contributed by atoms with Crippen molar-refractivity contribution in [2.24, 2.45) is 0 Å². The number of piperazine rings is 1.